The van der Waals surface area contributed by atoms with Gasteiger partial charge in [0, 0.05) is 31.6 Å². The Hall–Kier alpha value is -1.53. The first-order valence-electron chi connectivity index (χ1n) is 8.61. The molecule has 0 saturated carbocycles. The summed E-state index contributed by atoms with van der Waals surface area (Å²) in [6.07, 6.45) is 2.29. The third kappa shape index (κ3) is 5.53. The fraction of sp³-hybridized carbons (Fsp3) is 0.611. The molecule has 1 heterocycles. The number of rotatable bonds is 7. The lowest BCUT2D eigenvalue weighted by Crippen LogP contribution is -2.42. The average Bonchev–Trinajstić information content (AvgIpc) is 2.56. The normalized spacial score (nSPS) is 19.9. The van der Waals surface area contributed by atoms with Gasteiger partial charge in [0.1, 0.15) is 11.6 Å². The number of aliphatic hydroxyl groups is 1. The van der Waals surface area contributed by atoms with Crippen LogP contribution in [0.3, 0.4) is 0 Å². The molecule has 1 aromatic rings. The molecule has 1 aliphatic rings. The number of halogens is 2. The molecule has 0 aromatic heterocycles. The summed E-state index contributed by atoms with van der Waals surface area (Å²) in [7, 11) is 0. The summed E-state index contributed by atoms with van der Waals surface area (Å²) in [6.45, 7) is 4.40. The second kappa shape index (κ2) is 9.08. The van der Waals surface area contributed by atoms with Gasteiger partial charge in [0.15, 0.2) is 0 Å². The van der Waals surface area contributed by atoms with Crippen molar-refractivity contribution in [3.8, 4) is 0 Å². The molecular weight excluding hydrogens is 314 g/mol. The lowest BCUT2D eigenvalue weighted by molar-refractivity contribution is -0.121. The molecular formula is C18H26F2N2O2. The molecule has 24 heavy (non-hydrogen) atoms. The van der Waals surface area contributed by atoms with Gasteiger partial charge < -0.3 is 15.3 Å². The van der Waals surface area contributed by atoms with Gasteiger partial charge >= 0.3 is 0 Å². The Morgan fingerprint density at radius 3 is 3.00 bits per heavy atom. The number of nitrogens with zero attached hydrogens (tertiary/aromatic N) is 1. The van der Waals surface area contributed by atoms with Gasteiger partial charge in [-0.05, 0) is 49.9 Å². The molecule has 2 unspecified atom stereocenters. The van der Waals surface area contributed by atoms with E-state index in [0.717, 1.165) is 50.6 Å². The Morgan fingerprint density at radius 2 is 2.25 bits per heavy atom. The van der Waals surface area contributed by atoms with Crippen LogP contribution in [0.2, 0.25) is 0 Å². The molecule has 0 aliphatic carbocycles. The fourth-order valence-corrected chi connectivity index (χ4v) is 3.17. The van der Waals surface area contributed by atoms with E-state index in [0.29, 0.717) is 18.9 Å². The molecule has 2 atom stereocenters. The van der Waals surface area contributed by atoms with Crippen LogP contribution < -0.4 is 5.32 Å². The molecule has 134 valence electrons. The number of piperidine rings is 1. The van der Waals surface area contributed by atoms with Crippen molar-refractivity contribution in [1.29, 1.82) is 0 Å². The van der Waals surface area contributed by atoms with Crippen LogP contribution in [0, 0.1) is 17.6 Å². The maximum Gasteiger partial charge on any atom is 0.219 e. The van der Waals surface area contributed by atoms with Gasteiger partial charge in [0.05, 0.1) is 6.10 Å². The summed E-state index contributed by atoms with van der Waals surface area (Å²) >= 11 is 0. The van der Waals surface area contributed by atoms with Gasteiger partial charge in [-0.15, -0.1) is 0 Å². The van der Waals surface area contributed by atoms with E-state index < -0.39 is 17.7 Å². The second-order valence-electron chi connectivity index (χ2n) is 6.50. The summed E-state index contributed by atoms with van der Waals surface area (Å²) in [5, 5.41) is 13.2. The van der Waals surface area contributed by atoms with Crippen LogP contribution in [-0.2, 0) is 4.79 Å². The van der Waals surface area contributed by atoms with Crippen LogP contribution >= 0.6 is 0 Å². The van der Waals surface area contributed by atoms with E-state index >= 15 is 0 Å². The molecule has 0 bridgehead atoms. The number of amides is 1. The van der Waals surface area contributed by atoms with E-state index in [9.17, 15) is 18.7 Å². The standard InChI is InChI=1S/C18H26F2N2O2/c1-2-4-18(24)21-10-13-5-3-8-22(11-13)12-17(23)15-9-14(19)6-7-16(15)20/h6-7,9,13,17,23H,2-5,8,10-12H2,1H3,(H,21,24). The zero-order valence-electron chi connectivity index (χ0n) is 14.1. The smallest absolute Gasteiger partial charge is 0.219 e. The predicted molar refractivity (Wildman–Crippen MR) is 88.4 cm³/mol. The number of carbonyl (C=O) groups is 1. The predicted octanol–water partition coefficient (Wildman–Crippen LogP) is 2.63. The SMILES string of the molecule is CCCC(=O)NCC1CCCN(CC(O)c2cc(F)ccc2F)C1. The molecule has 1 aromatic carbocycles. The molecule has 1 aliphatic heterocycles. The third-order valence-electron chi connectivity index (χ3n) is 4.42. The van der Waals surface area contributed by atoms with Crippen LogP contribution in [-0.4, -0.2) is 42.1 Å². The molecule has 0 radical (unpaired) electrons. The van der Waals surface area contributed by atoms with E-state index in [2.05, 4.69) is 10.2 Å². The van der Waals surface area contributed by atoms with Crippen molar-refractivity contribution in [3.63, 3.8) is 0 Å². The number of hydrogen-bond acceptors (Lipinski definition) is 3. The van der Waals surface area contributed by atoms with Gasteiger partial charge in [0.2, 0.25) is 5.91 Å². The highest BCUT2D eigenvalue weighted by Crippen LogP contribution is 2.22. The molecule has 2 rings (SSSR count). The van der Waals surface area contributed by atoms with E-state index in [1.54, 1.807) is 0 Å². The lowest BCUT2D eigenvalue weighted by atomic mass is 9.97. The number of aliphatic hydroxyl groups excluding tert-OH is 1. The van der Waals surface area contributed by atoms with Crippen molar-refractivity contribution in [1.82, 2.24) is 10.2 Å². The molecule has 4 nitrogen and oxygen atoms in total. The minimum absolute atomic E-state index is 0.00614. The first-order valence-corrected chi connectivity index (χ1v) is 8.61. The minimum atomic E-state index is -1.06. The summed E-state index contributed by atoms with van der Waals surface area (Å²) in [6, 6.07) is 3.13. The zero-order valence-corrected chi connectivity index (χ0v) is 14.1. The van der Waals surface area contributed by atoms with E-state index in [1.807, 2.05) is 6.92 Å². The first-order chi connectivity index (χ1) is 11.5. The van der Waals surface area contributed by atoms with Crippen molar-refractivity contribution in [2.24, 2.45) is 5.92 Å². The van der Waals surface area contributed by atoms with Crippen molar-refractivity contribution >= 4 is 5.91 Å². The monoisotopic (exact) mass is 340 g/mol. The summed E-state index contributed by atoms with van der Waals surface area (Å²) < 4.78 is 27.0. The van der Waals surface area contributed by atoms with Gasteiger partial charge in [-0.3, -0.25) is 4.79 Å². The minimum Gasteiger partial charge on any atom is -0.387 e. The van der Waals surface area contributed by atoms with Crippen molar-refractivity contribution < 1.29 is 18.7 Å². The Morgan fingerprint density at radius 1 is 1.46 bits per heavy atom. The molecule has 6 heteroatoms. The van der Waals surface area contributed by atoms with E-state index in [4.69, 9.17) is 0 Å². The topological polar surface area (TPSA) is 52.6 Å². The highest BCUT2D eigenvalue weighted by Gasteiger charge is 2.24. The molecule has 1 saturated heterocycles. The summed E-state index contributed by atoms with van der Waals surface area (Å²) in [5.74, 6) is -0.759. The highest BCUT2D eigenvalue weighted by molar-refractivity contribution is 5.75. The highest BCUT2D eigenvalue weighted by atomic mass is 19.1. The Bertz CT molecular complexity index is 554. The number of carbonyl (C=O) groups excluding carboxylic acids is 1. The van der Waals surface area contributed by atoms with Crippen LogP contribution in [0.15, 0.2) is 18.2 Å². The van der Waals surface area contributed by atoms with Crippen molar-refractivity contribution in [2.45, 2.75) is 38.7 Å². The largest absolute Gasteiger partial charge is 0.387 e. The lowest BCUT2D eigenvalue weighted by Gasteiger charge is -2.34. The molecule has 1 fully saturated rings. The summed E-state index contributed by atoms with van der Waals surface area (Å²) in [4.78, 5) is 13.6. The van der Waals surface area contributed by atoms with Crippen LogP contribution in [0.1, 0.15) is 44.3 Å². The average molecular weight is 340 g/mol. The maximum absolute atomic E-state index is 13.7. The van der Waals surface area contributed by atoms with Gasteiger partial charge in [-0.1, -0.05) is 6.92 Å². The van der Waals surface area contributed by atoms with Gasteiger partial charge in [-0.2, -0.15) is 0 Å². The number of nitrogens with one attached hydrogen (secondary N) is 1. The molecule has 0 spiro atoms. The maximum atomic E-state index is 13.7. The van der Waals surface area contributed by atoms with Gasteiger partial charge in [-0.25, -0.2) is 8.78 Å². The van der Waals surface area contributed by atoms with Gasteiger partial charge in [0.25, 0.3) is 0 Å². The number of likely N-dealkylation sites (tertiary alicyclic amines) is 1. The fourth-order valence-electron chi connectivity index (χ4n) is 3.17. The van der Waals surface area contributed by atoms with Crippen LogP contribution in [0.25, 0.3) is 0 Å². The second-order valence-corrected chi connectivity index (χ2v) is 6.50. The van der Waals surface area contributed by atoms with Crippen molar-refractivity contribution in [3.05, 3.63) is 35.4 Å². The Balaban J connectivity index is 1.85. The number of hydrogen-bond donors (Lipinski definition) is 2. The van der Waals surface area contributed by atoms with E-state index in [-0.39, 0.29) is 18.0 Å². The number of benzene rings is 1. The Kier molecular flexibility index (Phi) is 7.12. The zero-order chi connectivity index (χ0) is 17.5. The molecule has 2 N–H and O–H groups in total. The van der Waals surface area contributed by atoms with Crippen LogP contribution in [0.4, 0.5) is 8.78 Å². The first kappa shape index (κ1) is 18.8. The molecule has 1 amide bonds. The van der Waals surface area contributed by atoms with Crippen molar-refractivity contribution in [2.75, 3.05) is 26.2 Å². The summed E-state index contributed by atoms with van der Waals surface area (Å²) in [5.41, 5.74) is -0.00614. The number of β-amino-alcohol motifs (C(OH)–C–C–N with tert-alkyl or cyclic N) is 1. The van der Waals surface area contributed by atoms with Crippen LogP contribution in [0.5, 0.6) is 0 Å². The Labute approximate surface area is 141 Å². The third-order valence-corrected chi connectivity index (χ3v) is 4.42. The quantitative estimate of drug-likeness (QED) is 0.802. The van der Waals surface area contributed by atoms with E-state index in [1.165, 1.54) is 0 Å².